The third-order valence-corrected chi connectivity index (χ3v) is 8.03. The van der Waals surface area contributed by atoms with Crippen LogP contribution in [0.15, 0.2) is 86.0 Å². The SMILES string of the molecule is C=CCCC[C@H](Cc1ccccc1)C(=O)O[C@H](CNC(=O)[C@H](CC=C)CC(=O)NC1(CO)CCCC1)c1ccccc1. The van der Waals surface area contributed by atoms with Crippen LogP contribution in [0.1, 0.15) is 75.0 Å². The number of nitrogens with one attached hydrogen (secondary N) is 2. The molecule has 226 valence electrons. The number of aliphatic hydroxyl groups is 1. The van der Waals surface area contributed by atoms with E-state index in [1.807, 2.05) is 66.7 Å². The highest BCUT2D eigenvalue weighted by Crippen LogP contribution is 2.29. The van der Waals surface area contributed by atoms with Gasteiger partial charge in [-0.05, 0) is 56.1 Å². The van der Waals surface area contributed by atoms with Crippen LogP contribution in [0.4, 0.5) is 0 Å². The molecule has 2 amide bonds. The fourth-order valence-electron chi connectivity index (χ4n) is 5.61. The number of hydrogen-bond acceptors (Lipinski definition) is 5. The maximum atomic E-state index is 13.5. The Morgan fingerprint density at radius 3 is 2.24 bits per heavy atom. The van der Waals surface area contributed by atoms with Crippen LogP contribution < -0.4 is 10.6 Å². The first-order valence-electron chi connectivity index (χ1n) is 15.1. The summed E-state index contributed by atoms with van der Waals surface area (Å²) in [7, 11) is 0. The quantitative estimate of drug-likeness (QED) is 0.122. The van der Waals surface area contributed by atoms with E-state index in [2.05, 4.69) is 23.8 Å². The van der Waals surface area contributed by atoms with Crippen LogP contribution in [0.5, 0.6) is 0 Å². The third kappa shape index (κ3) is 10.3. The summed E-state index contributed by atoms with van der Waals surface area (Å²) in [5.41, 5.74) is 1.24. The first kappa shape index (κ1) is 32.8. The van der Waals surface area contributed by atoms with Crippen molar-refractivity contribution in [3.8, 4) is 0 Å². The van der Waals surface area contributed by atoms with Crippen molar-refractivity contribution in [3.63, 3.8) is 0 Å². The van der Waals surface area contributed by atoms with E-state index in [1.165, 1.54) is 0 Å². The Bertz CT molecular complexity index is 1140. The fraction of sp³-hybridized carbons (Fsp3) is 0.457. The van der Waals surface area contributed by atoms with E-state index in [1.54, 1.807) is 6.08 Å². The van der Waals surface area contributed by atoms with Crippen LogP contribution in [0.3, 0.4) is 0 Å². The number of benzene rings is 2. The molecular weight excluding hydrogens is 528 g/mol. The Kier molecular flexibility index (Phi) is 13.5. The van der Waals surface area contributed by atoms with Crippen LogP contribution in [0.2, 0.25) is 0 Å². The van der Waals surface area contributed by atoms with E-state index >= 15 is 0 Å². The molecule has 0 saturated heterocycles. The van der Waals surface area contributed by atoms with E-state index in [0.29, 0.717) is 19.3 Å². The van der Waals surface area contributed by atoms with Gasteiger partial charge in [0.15, 0.2) is 0 Å². The van der Waals surface area contributed by atoms with E-state index in [4.69, 9.17) is 4.74 Å². The molecule has 0 aromatic heterocycles. The minimum atomic E-state index is -0.685. The molecule has 0 heterocycles. The summed E-state index contributed by atoms with van der Waals surface area (Å²) in [4.78, 5) is 39.7. The second-order valence-electron chi connectivity index (χ2n) is 11.3. The molecular formula is C35H46N2O5. The number of carbonyl (C=O) groups excluding carboxylic acids is 3. The van der Waals surface area contributed by atoms with E-state index in [-0.39, 0.29) is 43.3 Å². The molecule has 3 N–H and O–H groups in total. The molecule has 1 aliphatic carbocycles. The predicted octanol–water partition coefficient (Wildman–Crippen LogP) is 5.61. The fourth-order valence-corrected chi connectivity index (χ4v) is 5.61. The normalized spacial score (nSPS) is 16.0. The van der Waals surface area contributed by atoms with Crippen LogP contribution >= 0.6 is 0 Å². The maximum absolute atomic E-state index is 13.5. The van der Waals surface area contributed by atoms with Crippen molar-refractivity contribution in [2.75, 3.05) is 13.2 Å². The second-order valence-corrected chi connectivity index (χ2v) is 11.3. The van der Waals surface area contributed by atoms with Gasteiger partial charge in [-0.15, -0.1) is 13.2 Å². The van der Waals surface area contributed by atoms with Gasteiger partial charge in [0.1, 0.15) is 6.10 Å². The summed E-state index contributed by atoms with van der Waals surface area (Å²) in [6.45, 7) is 7.52. The molecule has 2 aromatic rings. The topological polar surface area (TPSA) is 105 Å². The summed E-state index contributed by atoms with van der Waals surface area (Å²) in [5, 5.41) is 15.8. The molecule has 1 fully saturated rings. The lowest BCUT2D eigenvalue weighted by Crippen LogP contribution is -2.50. The number of aliphatic hydroxyl groups excluding tert-OH is 1. The lowest BCUT2D eigenvalue weighted by Gasteiger charge is -2.29. The van der Waals surface area contributed by atoms with E-state index < -0.39 is 17.6 Å². The molecule has 0 spiro atoms. The van der Waals surface area contributed by atoms with Crippen molar-refractivity contribution < 1.29 is 24.2 Å². The lowest BCUT2D eigenvalue weighted by molar-refractivity contribution is -0.155. The van der Waals surface area contributed by atoms with Crippen molar-refractivity contribution in [2.45, 2.75) is 75.9 Å². The van der Waals surface area contributed by atoms with Crippen molar-refractivity contribution in [2.24, 2.45) is 11.8 Å². The second kappa shape index (κ2) is 17.3. The molecule has 1 aliphatic rings. The molecule has 7 heteroatoms. The van der Waals surface area contributed by atoms with Gasteiger partial charge in [0.05, 0.1) is 30.5 Å². The van der Waals surface area contributed by atoms with Crippen LogP contribution in [-0.4, -0.2) is 41.6 Å². The monoisotopic (exact) mass is 574 g/mol. The minimum absolute atomic E-state index is 0.0160. The average Bonchev–Trinajstić information content (AvgIpc) is 3.48. The van der Waals surface area contributed by atoms with Crippen LogP contribution in [0, 0.1) is 11.8 Å². The van der Waals surface area contributed by atoms with E-state index in [9.17, 15) is 19.5 Å². The summed E-state index contributed by atoms with van der Waals surface area (Å²) in [5.74, 6) is -1.84. The van der Waals surface area contributed by atoms with Crippen LogP contribution in [-0.2, 0) is 25.5 Å². The largest absolute Gasteiger partial charge is 0.455 e. The summed E-state index contributed by atoms with van der Waals surface area (Å²) in [6, 6.07) is 19.3. The zero-order valence-corrected chi connectivity index (χ0v) is 24.6. The first-order chi connectivity index (χ1) is 20.4. The number of ether oxygens (including phenoxy) is 1. The molecule has 1 saturated carbocycles. The number of carbonyl (C=O) groups is 3. The third-order valence-electron chi connectivity index (χ3n) is 8.03. The van der Waals surface area contributed by atoms with Gasteiger partial charge in [-0.1, -0.05) is 85.7 Å². The molecule has 3 rings (SSSR count). The van der Waals surface area contributed by atoms with E-state index in [0.717, 1.165) is 49.7 Å². The molecule has 0 bridgehead atoms. The molecule has 7 nitrogen and oxygen atoms in total. The molecule has 0 radical (unpaired) electrons. The smallest absolute Gasteiger partial charge is 0.309 e. The highest BCUT2D eigenvalue weighted by Gasteiger charge is 2.35. The number of allylic oxidation sites excluding steroid dienone is 2. The summed E-state index contributed by atoms with van der Waals surface area (Å²) < 4.78 is 6.08. The number of amides is 2. The Hall–Kier alpha value is -3.71. The lowest BCUT2D eigenvalue weighted by atomic mass is 9.94. The summed E-state index contributed by atoms with van der Waals surface area (Å²) >= 11 is 0. The van der Waals surface area contributed by atoms with Gasteiger partial charge in [0.2, 0.25) is 11.8 Å². The van der Waals surface area contributed by atoms with Gasteiger partial charge in [-0.25, -0.2) is 0 Å². The number of esters is 1. The number of unbranched alkanes of at least 4 members (excludes halogenated alkanes) is 1. The van der Waals surface area contributed by atoms with Gasteiger partial charge in [0, 0.05) is 6.42 Å². The number of rotatable bonds is 18. The predicted molar refractivity (Wildman–Crippen MR) is 165 cm³/mol. The molecule has 0 aliphatic heterocycles. The van der Waals surface area contributed by atoms with Gasteiger partial charge in [-0.2, -0.15) is 0 Å². The standard InChI is InChI=1S/C35H46N2O5/c1-3-5-8-20-30(23-27-16-9-6-10-17-27)34(41)42-31(28-18-11-7-12-19-28)25-36-33(40)29(15-4-2)24-32(39)37-35(26-38)21-13-14-22-35/h3-4,6-7,9-12,16-19,29-31,38H,1-2,5,8,13-15,20-26H2,(H,36,40)(H,37,39)/t29-,30-,31-/m1/s1. The average molecular weight is 575 g/mol. The van der Waals surface area contributed by atoms with Crippen molar-refractivity contribution in [1.82, 2.24) is 10.6 Å². The van der Waals surface area contributed by atoms with Gasteiger partial charge < -0.3 is 20.5 Å². The Morgan fingerprint density at radius 2 is 1.62 bits per heavy atom. The highest BCUT2D eigenvalue weighted by atomic mass is 16.5. The minimum Gasteiger partial charge on any atom is -0.455 e. The Labute approximate surface area is 250 Å². The Morgan fingerprint density at radius 1 is 0.952 bits per heavy atom. The molecule has 2 aromatic carbocycles. The Balaban J connectivity index is 1.68. The van der Waals surface area contributed by atoms with Crippen molar-refractivity contribution in [3.05, 3.63) is 97.1 Å². The highest BCUT2D eigenvalue weighted by molar-refractivity contribution is 5.86. The summed E-state index contributed by atoms with van der Waals surface area (Å²) in [6.07, 6.45) is 9.35. The van der Waals surface area contributed by atoms with Crippen molar-refractivity contribution in [1.29, 1.82) is 0 Å². The first-order valence-corrected chi connectivity index (χ1v) is 15.1. The van der Waals surface area contributed by atoms with Gasteiger partial charge in [-0.3, -0.25) is 14.4 Å². The van der Waals surface area contributed by atoms with Gasteiger partial charge in [0.25, 0.3) is 0 Å². The maximum Gasteiger partial charge on any atom is 0.309 e. The zero-order valence-electron chi connectivity index (χ0n) is 24.6. The number of hydrogen-bond donors (Lipinski definition) is 3. The van der Waals surface area contributed by atoms with Crippen molar-refractivity contribution >= 4 is 17.8 Å². The van der Waals surface area contributed by atoms with Crippen LogP contribution in [0.25, 0.3) is 0 Å². The van der Waals surface area contributed by atoms with Gasteiger partial charge >= 0.3 is 5.97 Å². The zero-order chi connectivity index (χ0) is 30.2. The molecule has 3 atom stereocenters. The molecule has 42 heavy (non-hydrogen) atoms. The molecule has 0 unspecified atom stereocenters.